The molecular weight excluding hydrogens is 372 g/mol. The molecule has 1 fully saturated rings. The lowest BCUT2D eigenvalue weighted by molar-refractivity contribution is -0.458. The Morgan fingerprint density at radius 2 is 2.08 bits per heavy atom. The second-order valence-corrected chi connectivity index (χ2v) is 9.28. The van der Waals surface area contributed by atoms with Crippen LogP contribution in [0.2, 0.25) is 0 Å². The quantitative estimate of drug-likeness (QED) is 0.678. The molecule has 0 saturated carbocycles. The van der Waals surface area contributed by atoms with Crippen molar-refractivity contribution in [3.8, 4) is 0 Å². The fraction of sp³-hybridized carbons (Fsp3) is 0.471. The molecule has 3 rings (SSSR count). The topological polar surface area (TPSA) is 127 Å². The number of hydrogen-bond acceptors (Lipinski definition) is 7. The van der Waals surface area contributed by atoms with Crippen molar-refractivity contribution in [2.45, 2.75) is 44.6 Å². The number of nitrogens with two attached hydrogens (primary N) is 1. The van der Waals surface area contributed by atoms with Gasteiger partial charge in [-0.15, -0.1) is 23.1 Å². The van der Waals surface area contributed by atoms with Crippen LogP contribution in [0, 0.1) is 6.92 Å². The highest BCUT2D eigenvalue weighted by Gasteiger charge is 2.49. The molecule has 0 aromatic carbocycles. The Hall–Kier alpha value is -1.68. The first kappa shape index (κ1) is 20.6. The van der Waals surface area contributed by atoms with Crippen molar-refractivity contribution in [2.24, 2.45) is 5.73 Å². The van der Waals surface area contributed by atoms with Crippen LogP contribution in [0.15, 0.2) is 22.9 Å². The highest BCUT2D eigenvalue weighted by molar-refractivity contribution is 8.00. The molecular formula is C17H24N4O3S2. The summed E-state index contributed by atoms with van der Waals surface area (Å²) < 4.78 is 0. The van der Waals surface area contributed by atoms with Crippen molar-refractivity contribution in [1.29, 1.82) is 0 Å². The van der Waals surface area contributed by atoms with Crippen molar-refractivity contribution < 1.29 is 20.4 Å². The van der Waals surface area contributed by atoms with Crippen molar-refractivity contribution >= 4 is 41.1 Å². The maximum absolute atomic E-state index is 11.8. The summed E-state index contributed by atoms with van der Waals surface area (Å²) in [6, 6.07) is -0.626. The number of carbonyl (C=O) groups is 2. The van der Waals surface area contributed by atoms with E-state index in [9.17, 15) is 14.7 Å². The number of hydrogen-bond donors (Lipinski definition) is 2. The van der Waals surface area contributed by atoms with Crippen LogP contribution in [0.4, 0.5) is 0 Å². The average Bonchev–Trinajstić information content (AvgIpc) is 2.94. The predicted molar refractivity (Wildman–Crippen MR) is 102 cm³/mol. The van der Waals surface area contributed by atoms with Gasteiger partial charge in [-0.05, 0) is 39.3 Å². The van der Waals surface area contributed by atoms with Crippen LogP contribution in [-0.2, 0) is 9.59 Å². The van der Waals surface area contributed by atoms with Gasteiger partial charge >= 0.3 is 0 Å². The number of rotatable bonds is 3. The molecule has 5 N–H and O–H groups in total. The van der Waals surface area contributed by atoms with E-state index in [2.05, 4.69) is 31.5 Å². The fourth-order valence-corrected chi connectivity index (χ4v) is 4.26. The van der Waals surface area contributed by atoms with Crippen LogP contribution >= 0.6 is 23.1 Å². The molecule has 1 unspecified atom stereocenters. The molecule has 1 saturated heterocycles. The van der Waals surface area contributed by atoms with Gasteiger partial charge in [0, 0.05) is 10.6 Å². The van der Waals surface area contributed by atoms with Gasteiger partial charge in [-0.3, -0.25) is 9.69 Å². The van der Waals surface area contributed by atoms with Gasteiger partial charge in [0.1, 0.15) is 11.4 Å². The number of aryl methyl sites for hydroxylation is 1. The maximum atomic E-state index is 11.8. The number of thioether (sulfide) groups is 1. The number of carboxylic acid groups (broad SMARTS) is 1. The normalized spacial score (nSPS) is 22.7. The van der Waals surface area contributed by atoms with Gasteiger partial charge in [-0.1, -0.05) is 6.08 Å². The van der Waals surface area contributed by atoms with E-state index in [1.54, 1.807) is 11.6 Å². The van der Waals surface area contributed by atoms with E-state index in [0.717, 1.165) is 10.6 Å². The molecule has 26 heavy (non-hydrogen) atoms. The zero-order chi connectivity index (χ0) is 19.6. The van der Waals surface area contributed by atoms with Crippen LogP contribution in [0.1, 0.15) is 31.3 Å². The van der Waals surface area contributed by atoms with Crippen molar-refractivity contribution in [1.82, 2.24) is 9.88 Å². The predicted octanol–water partition coefficient (Wildman–Crippen LogP) is -0.262. The molecule has 1 aromatic heterocycles. The number of aromatic nitrogens is 1. The third kappa shape index (κ3) is 4.73. The minimum absolute atomic E-state index is 0.0659. The first-order valence-electron chi connectivity index (χ1n) is 8.09. The second kappa shape index (κ2) is 7.91. The molecule has 1 amide bonds. The summed E-state index contributed by atoms with van der Waals surface area (Å²) in [4.78, 5) is 29.5. The van der Waals surface area contributed by atoms with Crippen LogP contribution in [0.25, 0.3) is 6.08 Å². The zero-order valence-electron chi connectivity index (χ0n) is 15.3. The Morgan fingerprint density at radius 3 is 2.58 bits per heavy atom. The SMILES string of the molecule is CC(C)(C)[NH3+].Cc1ncsc1/C=C\C1=C(C(=O)[O-])N2C(=O)C(N)[C@H]2SC1. The monoisotopic (exact) mass is 396 g/mol. The van der Waals surface area contributed by atoms with Crippen molar-refractivity contribution in [3.05, 3.63) is 33.4 Å². The van der Waals surface area contributed by atoms with Gasteiger partial charge in [-0.25, -0.2) is 4.98 Å². The van der Waals surface area contributed by atoms with E-state index in [4.69, 9.17) is 5.73 Å². The standard InChI is InChI=1S/C13H13N3O3S2.C4H11N/c1-6-8(21-5-15-6)3-2-7-4-20-12-9(14)11(17)16(12)10(7)13(18)19;1-4(2,3)5/h2-3,5,9,12H,4,14H2,1H3,(H,18,19);5H2,1-3H3/b3-2-;/t9?,12-;/m1./s1. The molecule has 9 heteroatoms. The molecule has 7 nitrogen and oxygen atoms in total. The maximum Gasteiger partial charge on any atom is 0.248 e. The van der Waals surface area contributed by atoms with E-state index in [0.29, 0.717) is 11.3 Å². The summed E-state index contributed by atoms with van der Waals surface area (Å²) >= 11 is 2.94. The number of carboxylic acids is 1. The van der Waals surface area contributed by atoms with E-state index in [1.807, 2.05) is 13.0 Å². The Kier molecular flexibility index (Phi) is 6.28. The van der Waals surface area contributed by atoms with E-state index in [1.165, 1.54) is 28.0 Å². The number of amides is 1. The second-order valence-electron chi connectivity index (χ2n) is 7.29. The largest absolute Gasteiger partial charge is 0.543 e. The number of thiazole rings is 1. The minimum Gasteiger partial charge on any atom is -0.543 e. The number of fused-ring (bicyclic) bond motifs is 1. The minimum atomic E-state index is -1.35. The number of aliphatic carboxylic acids is 1. The summed E-state index contributed by atoms with van der Waals surface area (Å²) in [5.74, 6) is -1.23. The summed E-state index contributed by atoms with van der Waals surface area (Å²) in [6.07, 6.45) is 3.53. The number of β-lactam (4-membered cyclic amide) rings is 1. The molecule has 3 heterocycles. The summed E-state index contributed by atoms with van der Waals surface area (Å²) in [6.45, 7) is 8.11. The molecule has 0 bridgehead atoms. The van der Waals surface area contributed by atoms with Crippen molar-refractivity contribution in [3.63, 3.8) is 0 Å². The average molecular weight is 397 g/mol. The molecule has 1 aromatic rings. The number of allylic oxidation sites excluding steroid dienone is 1. The first-order chi connectivity index (χ1) is 12.0. The lowest BCUT2D eigenvalue weighted by Gasteiger charge is -2.49. The highest BCUT2D eigenvalue weighted by Crippen LogP contribution is 2.39. The molecule has 2 aliphatic heterocycles. The smallest absolute Gasteiger partial charge is 0.248 e. The molecule has 0 spiro atoms. The summed E-state index contributed by atoms with van der Waals surface area (Å²) in [7, 11) is 0. The van der Waals surface area contributed by atoms with E-state index >= 15 is 0 Å². The lowest BCUT2D eigenvalue weighted by Crippen LogP contribution is -2.69. The summed E-state index contributed by atoms with van der Waals surface area (Å²) in [5.41, 5.74) is 12.8. The molecule has 142 valence electrons. The Bertz CT molecular complexity index is 758. The van der Waals surface area contributed by atoms with Crippen LogP contribution in [-0.4, -0.2) is 44.5 Å². The first-order valence-corrected chi connectivity index (χ1v) is 10.0. The number of nitrogens with zero attached hydrogens (tertiary/aromatic N) is 2. The van der Waals surface area contributed by atoms with Crippen LogP contribution < -0.4 is 16.6 Å². The highest BCUT2D eigenvalue weighted by atomic mass is 32.2. The van der Waals surface area contributed by atoms with Gasteiger partial charge in [-0.2, -0.15) is 0 Å². The number of carbonyl (C=O) groups excluding carboxylic acids is 2. The zero-order valence-corrected chi connectivity index (χ0v) is 16.9. The van der Waals surface area contributed by atoms with Gasteiger partial charge in [0.2, 0.25) is 5.91 Å². The summed E-state index contributed by atoms with van der Waals surface area (Å²) in [5, 5.41) is 11.1. The lowest BCUT2D eigenvalue weighted by atomic mass is 10.0. The molecule has 0 radical (unpaired) electrons. The van der Waals surface area contributed by atoms with Gasteiger partial charge in [0.05, 0.1) is 28.4 Å². The Balaban J connectivity index is 0.000000431. The molecule has 2 atom stereocenters. The van der Waals surface area contributed by atoms with Gasteiger partial charge in [0.15, 0.2) is 0 Å². The van der Waals surface area contributed by atoms with Gasteiger partial charge < -0.3 is 21.4 Å². The molecule has 2 aliphatic rings. The van der Waals surface area contributed by atoms with Crippen molar-refractivity contribution in [2.75, 3.05) is 5.75 Å². The van der Waals surface area contributed by atoms with Gasteiger partial charge in [0.25, 0.3) is 0 Å². The van der Waals surface area contributed by atoms with Crippen LogP contribution in [0.3, 0.4) is 0 Å². The third-order valence-electron chi connectivity index (χ3n) is 3.45. The van der Waals surface area contributed by atoms with E-state index in [-0.39, 0.29) is 22.5 Å². The van der Waals surface area contributed by atoms with E-state index < -0.39 is 12.0 Å². The van der Waals surface area contributed by atoms with Crippen LogP contribution in [0.5, 0.6) is 0 Å². The fourth-order valence-electron chi connectivity index (χ4n) is 2.30. The Morgan fingerprint density at radius 1 is 1.46 bits per heavy atom. The molecule has 0 aliphatic carbocycles. The Labute approximate surface area is 161 Å². The third-order valence-corrected chi connectivity index (χ3v) is 5.67. The number of quaternary nitrogens is 1.